The van der Waals surface area contributed by atoms with Gasteiger partial charge in [0.1, 0.15) is 0 Å². The Kier molecular flexibility index (Phi) is 7.73. The lowest BCUT2D eigenvalue weighted by molar-refractivity contribution is -0.150. The van der Waals surface area contributed by atoms with E-state index < -0.39 is 5.97 Å². The average Bonchev–Trinajstić information content (AvgIpc) is 2.77. The van der Waals surface area contributed by atoms with Gasteiger partial charge in [0.25, 0.3) is 5.91 Å². The molecule has 1 saturated heterocycles. The van der Waals surface area contributed by atoms with Crippen molar-refractivity contribution >= 4 is 35.4 Å². The van der Waals surface area contributed by atoms with Crippen molar-refractivity contribution in [2.24, 2.45) is 0 Å². The van der Waals surface area contributed by atoms with Gasteiger partial charge in [-0.15, -0.1) is 11.8 Å². The first-order valence-corrected chi connectivity index (χ1v) is 10.7. The number of esters is 1. The van der Waals surface area contributed by atoms with Gasteiger partial charge in [-0.2, -0.15) is 0 Å². The second-order valence-corrected chi connectivity index (χ2v) is 7.90. The van der Waals surface area contributed by atoms with E-state index in [-0.39, 0.29) is 24.3 Å². The van der Waals surface area contributed by atoms with Gasteiger partial charge in [-0.25, -0.2) is 4.79 Å². The molecule has 30 heavy (non-hydrogen) atoms. The largest absolute Gasteiger partial charge is 0.455 e. The number of thioether (sulfide) groups is 1. The molecule has 3 rings (SSSR count). The summed E-state index contributed by atoms with van der Waals surface area (Å²) in [6.45, 7) is 3.40. The molecule has 0 aromatic heterocycles. The van der Waals surface area contributed by atoms with Crippen molar-refractivity contribution in [1.82, 2.24) is 9.80 Å². The van der Waals surface area contributed by atoms with Crippen LogP contribution in [0.25, 0.3) is 0 Å². The minimum Gasteiger partial charge on any atom is -0.455 e. The number of anilines is 1. The monoisotopic (exact) mass is 427 g/mol. The number of aryl methyl sites for hydroxylation is 1. The number of carbonyl (C=O) groups excluding carboxylic acids is 3. The van der Waals surface area contributed by atoms with Crippen molar-refractivity contribution in [1.29, 1.82) is 0 Å². The molecule has 8 heteroatoms. The molecule has 2 aromatic carbocycles. The molecule has 1 N–H and O–H groups in total. The van der Waals surface area contributed by atoms with Crippen LogP contribution in [0.1, 0.15) is 5.56 Å². The van der Waals surface area contributed by atoms with Crippen LogP contribution in [0.2, 0.25) is 0 Å². The Morgan fingerprint density at radius 1 is 0.933 bits per heavy atom. The molecule has 0 unspecified atom stereocenters. The van der Waals surface area contributed by atoms with Gasteiger partial charge >= 0.3 is 12.0 Å². The summed E-state index contributed by atoms with van der Waals surface area (Å²) in [5, 5.41) is 2.84. The van der Waals surface area contributed by atoms with Crippen LogP contribution >= 0.6 is 11.8 Å². The molecule has 0 atom stereocenters. The van der Waals surface area contributed by atoms with Gasteiger partial charge in [0.05, 0.1) is 5.75 Å². The Morgan fingerprint density at radius 2 is 1.57 bits per heavy atom. The number of benzene rings is 2. The van der Waals surface area contributed by atoms with Crippen molar-refractivity contribution in [3.8, 4) is 0 Å². The van der Waals surface area contributed by atoms with Crippen LogP contribution in [-0.2, 0) is 14.3 Å². The van der Waals surface area contributed by atoms with E-state index in [2.05, 4.69) is 5.32 Å². The molecule has 0 spiro atoms. The van der Waals surface area contributed by atoms with E-state index in [1.807, 2.05) is 61.5 Å². The molecule has 1 heterocycles. The summed E-state index contributed by atoms with van der Waals surface area (Å²) >= 11 is 1.40. The van der Waals surface area contributed by atoms with E-state index in [9.17, 15) is 14.4 Å². The summed E-state index contributed by atoms with van der Waals surface area (Å²) in [6.07, 6.45) is 0. The average molecular weight is 428 g/mol. The number of para-hydroxylation sites is 1. The number of rotatable bonds is 6. The second-order valence-electron chi connectivity index (χ2n) is 6.88. The van der Waals surface area contributed by atoms with Crippen molar-refractivity contribution < 1.29 is 19.1 Å². The van der Waals surface area contributed by atoms with Crippen molar-refractivity contribution in [2.45, 2.75) is 11.8 Å². The lowest BCUT2D eigenvalue weighted by Gasteiger charge is -2.34. The van der Waals surface area contributed by atoms with E-state index in [4.69, 9.17) is 4.74 Å². The molecule has 2 aromatic rings. The number of urea groups is 1. The van der Waals surface area contributed by atoms with E-state index in [1.165, 1.54) is 11.8 Å². The molecule has 1 aliphatic heterocycles. The third-order valence-corrected chi connectivity index (χ3v) is 5.89. The highest BCUT2D eigenvalue weighted by Gasteiger charge is 2.24. The van der Waals surface area contributed by atoms with E-state index >= 15 is 0 Å². The predicted molar refractivity (Wildman–Crippen MR) is 116 cm³/mol. The molecule has 1 aliphatic rings. The zero-order chi connectivity index (χ0) is 21.3. The molecular formula is C22H25N3O4S. The van der Waals surface area contributed by atoms with Gasteiger partial charge in [0.2, 0.25) is 0 Å². The van der Waals surface area contributed by atoms with Crippen molar-refractivity contribution in [3.63, 3.8) is 0 Å². The van der Waals surface area contributed by atoms with E-state index in [1.54, 1.807) is 9.80 Å². The first kappa shape index (κ1) is 21.7. The quantitative estimate of drug-likeness (QED) is 0.566. The number of nitrogens with zero attached hydrogens (tertiary/aromatic N) is 2. The first-order valence-electron chi connectivity index (χ1n) is 9.76. The van der Waals surface area contributed by atoms with Gasteiger partial charge < -0.3 is 19.9 Å². The smallest absolute Gasteiger partial charge is 0.321 e. The summed E-state index contributed by atoms with van der Waals surface area (Å²) in [5.41, 5.74) is 1.83. The minimum absolute atomic E-state index is 0.158. The number of carbonyl (C=O) groups is 3. The summed E-state index contributed by atoms with van der Waals surface area (Å²) < 4.78 is 5.13. The maximum absolute atomic E-state index is 12.3. The Hall–Kier alpha value is -3.00. The van der Waals surface area contributed by atoms with Crippen LogP contribution in [0.15, 0.2) is 59.5 Å². The lowest BCUT2D eigenvalue weighted by Crippen LogP contribution is -2.52. The SMILES string of the molecule is Cc1ccccc1SCC(=O)OCC(=O)N1CCN(C(=O)Nc2ccccc2)CC1. The molecule has 3 amide bonds. The number of hydrogen-bond donors (Lipinski definition) is 1. The molecule has 0 aliphatic carbocycles. The number of nitrogens with one attached hydrogen (secondary N) is 1. The molecule has 0 radical (unpaired) electrons. The van der Waals surface area contributed by atoms with Gasteiger partial charge in [0.15, 0.2) is 6.61 Å². The van der Waals surface area contributed by atoms with Gasteiger partial charge in [-0.3, -0.25) is 9.59 Å². The molecule has 158 valence electrons. The van der Waals surface area contributed by atoms with Gasteiger partial charge in [-0.1, -0.05) is 36.4 Å². The Labute approximate surface area is 180 Å². The maximum atomic E-state index is 12.3. The fourth-order valence-electron chi connectivity index (χ4n) is 3.01. The number of amides is 3. The van der Waals surface area contributed by atoms with Crippen molar-refractivity contribution in [3.05, 3.63) is 60.2 Å². The standard InChI is InChI=1S/C22H25N3O4S/c1-17-7-5-6-10-19(17)30-16-21(27)29-15-20(26)24-11-13-25(14-12-24)22(28)23-18-8-3-2-4-9-18/h2-10H,11-16H2,1H3,(H,23,28). The molecule has 0 bridgehead atoms. The Morgan fingerprint density at radius 3 is 2.27 bits per heavy atom. The van der Waals surface area contributed by atoms with Crippen molar-refractivity contribution in [2.75, 3.05) is 43.9 Å². The maximum Gasteiger partial charge on any atom is 0.321 e. The number of ether oxygens (including phenoxy) is 1. The van der Waals surface area contributed by atoms with Crippen LogP contribution < -0.4 is 5.32 Å². The van der Waals surface area contributed by atoms with E-state index in [0.29, 0.717) is 26.2 Å². The molecular weight excluding hydrogens is 402 g/mol. The summed E-state index contributed by atoms with van der Waals surface area (Å²) in [7, 11) is 0. The zero-order valence-electron chi connectivity index (χ0n) is 16.9. The minimum atomic E-state index is -0.419. The van der Waals surface area contributed by atoms with E-state index in [0.717, 1.165) is 16.1 Å². The molecule has 7 nitrogen and oxygen atoms in total. The third-order valence-electron chi connectivity index (χ3n) is 4.74. The number of hydrogen-bond acceptors (Lipinski definition) is 5. The normalized spacial score (nSPS) is 13.6. The Balaban J connectivity index is 1.36. The molecule has 1 fully saturated rings. The second kappa shape index (κ2) is 10.7. The summed E-state index contributed by atoms with van der Waals surface area (Å²) in [6, 6.07) is 16.8. The number of piperazine rings is 1. The van der Waals surface area contributed by atoms with Crippen LogP contribution in [0, 0.1) is 6.92 Å². The zero-order valence-corrected chi connectivity index (χ0v) is 17.7. The topological polar surface area (TPSA) is 79.0 Å². The highest BCUT2D eigenvalue weighted by molar-refractivity contribution is 8.00. The van der Waals surface area contributed by atoms with Crippen LogP contribution in [0.3, 0.4) is 0 Å². The van der Waals surface area contributed by atoms with Crippen LogP contribution in [0.5, 0.6) is 0 Å². The van der Waals surface area contributed by atoms with Crippen LogP contribution in [0.4, 0.5) is 10.5 Å². The third kappa shape index (κ3) is 6.25. The summed E-state index contributed by atoms with van der Waals surface area (Å²) in [5.74, 6) is -0.504. The van der Waals surface area contributed by atoms with Gasteiger partial charge in [-0.05, 0) is 30.7 Å². The predicted octanol–water partition coefficient (Wildman–Crippen LogP) is 3.01. The fourth-order valence-corrected chi connectivity index (χ4v) is 3.84. The highest BCUT2D eigenvalue weighted by atomic mass is 32.2. The fraction of sp³-hybridized carbons (Fsp3) is 0.318. The van der Waals surface area contributed by atoms with Crippen LogP contribution in [-0.4, -0.2) is 66.2 Å². The highest BCUT2D eigenvalue weighted by Crippen LogP contribution is 2.21. The van der Waals surface area contributed by atoms with Gasteiger partial charge in [0, 0.05) is 36.8 Å². The summed E-state index contributed by atoms with van der Waals surface area (Å²) in [4.78, 5) is 40.9. The first-order chi connectivity index (χ1) is 14.5. The molecule has 0 saturated carbocycles. The lowest BCUT2D eigenvalue weighted by atomic mass is 10.2. The Bertz CT molecular complexity index is 883.